The van der Waals surface area contributed by atoms with Gasteiger partial charge in [0.05, 0.1) is 0 Å². The lowest BCUT2D eigenvalue weighted by Crippen LogP contribution is -2.43. The van der Waals surface area contributed by atoms with Crippen LogP contribution >= 0.6 is 0 Å². The number of carbonyl (C=O) groups is 2. The second kappa shape index (κ2) is 6.14. The lowest BCUT2D eigenvalue weighted by Gasteiger charge is -2.11. The van der Waals surface area contributed by atoms with E-state index < -0.39 is 11.8 Å². The standard InChI is InChI=1S/C13H17N3O2/c17-12(13(18)16-11-5-1-2-6-11)15-9-10-4-3-7-14-8-10/h3-4,7-8,11H,1-2,5-6,9H2,(H,15,17)(H,16,18). The molecule has 1 saturated carbocycles. The highest BCUT2D eigenvalue weighted by molar-refractivity contribution is 6.35. The summed E-state index contributed by atoms with van der Waals surface area (Å²) in [6, 6.07) is 3.81. The third-order valence-corrected chi connectivity index (χ3v) is 3.07. The number of pyridine rings is 1. The Morgan fingerprint density at radius 3 is 2.72 bits per heavy atom. The van der Waals surface area contributed by atoms with Gasteiger partial charge in [0.15, 0.2) is 0 Å². The fraction of sp³-hybridized carbons (Fsp3) is 0.462. The molecule has 1 aromatic rings. The maximum atomic E-state index is 11.6. The molecule has 18 heavy (non-hydrogen) atoms. The molecule has 0 aliphatic heterocycles. The minimum atomic E-state index is -0.578. The van der Waals surface area contributed by atoms with Gasteiger partial charge in [-0.05, 0) is 24.5 Å². The predicted octanol–water partition coefficient (Wildman–Crippen LogP) is 0.757. The molecule has 1 heterocycles. The van der Waals surface area contributed by atoms with E-state index in [1.165, 1.54) is 0 Å². The molecule has 96 valence electrons. The summed E-state index contributed by atoms with van der Waals surface area (Å²) in [6.45, 7) is 0.324. The van der Waals surface area contributed by atoms with Crippen LogP contribution in [0, 0.1) is 0 Å². The van der Waals surface area contributed by atoms with Gasteiger partial charge >= 0.3 is 11.8 Å². The Bertz CT molecular complexity index is 414. The van der Waals surface area contributed by atoms with Crippen LogP contribution < -0.4 is 10.6 Å². The fourth-order valence-corrected chi connectivity index (χ4v) is 2.09. The van der Waals surface area contributed by atoms with E-state index in [9.17, 15) is 9.59 Å². The fourth-order valence-electron chi connectivity index (χ4n) is 2.09. The molecule has 1 aliphatic rings. The van der Waals surface area contributed by atoms with E-state index in [1.54, 1.807) is 18.5 Å². The SMILES string of the molecule is O=C(NCc1cccnc1)C(=O)NC1CCCC1. The first kappa shape index (κ1) is 12.5. The molecule has 0 aromatic carbocycles. The molecule has 2 N–H and O–H groups in total. The van der Waals surface area contributed by atoms with Crippen molar-refractivity contribution in [2.45, 2.75) is 38.3 Å². The van der Waals surface area contributed by atoms with E-state index in [-0.39, 0.29) is 6.04 Å². The maximum absolute atomic E-state index is 11.6. The summed E-state index contributed by atoms with van der Waals surface area (Å²) in [5.41, 5.74) is 0.875. The summed E-state index contributed by atoms with van der Waals surface area (Å²) in [5, 5.41) is 5.33. The number of rotatable bonds is 3. The van der Waals surface area contributed by atoms with E-state index in [0.717, 1.165) is 31.2 Å². The minimum absolute atomic E-state index is 0.168. The van der Waals surface area contributed by atoms with Gasteiger partial charge in [-0.15, -0.1) is 0 Å². The average Bonchev–Trinajstić information content (AvgIpc) is 2.90. The van der Waals surface area contributed by atoms with Crippen LogP contribution in [0.2, 0.25) is 0 Å². The quantitative estimate of drug-likeness (QED) is 0.774. The highest BCUT2D eigenvalue weighted by atomic mass is 16.2. The van der Waals surface area contributed by atoms with Crippen LogP contribution in [0.1, 0.15) is 31.2 Å². The van der Waals surface area contributed by atoms with Crippen LogP contribution in [0.4, 0.5) is 0 Å². The van der Waals surface area contributed by atoms with Crippen molar-refractivity contribution in [3.63, 3.8) is 0 Å². The van der Waals surface area contributed by atoms with Crippen molar-refractivity contribution in [1.82, 2.24) is 15.6 Å². The molecule has 1 fully saturated rings. The molecule has 0 saturated heterocycles. The monoisotopic (exact) mass is 247 g/mol. The van der Waals surface area contributed by atoms with Crippen LogP contribution in [0.5, 0.6) is 0 Å². The summed E-state index contributed by atoms with van der Waals surface area (Å²) in [4.78, 5) is 27.1. The highest BCUT2D eigenvalue weighted by Crippen LogP contribution is 2.17. The van der Waals surface area contributed by atoms with Crippen LogP contribution in [0.3, 0.4) is 0 Å². The molecular formula is C13H17N3O2. The van der Waals surface area contributed by atoms with Crippen molar-refractivity contribution in [2.24, 2.45) is 0 Å². The van der Waals surface area contributed by atoms with E-state index in [4.69, 9.17) is 0 Å². The third-order valence-electron chi connectivity index (χ3n) is 3.07. The molecule has 0 bridgehead atoms. The van der Waals surface area contributed by atoms with Gasteiger partial charge in [-0.25, -0.2) is 0 Å². The van der Waals surface area contributed by atoms with Crippen molar-refractivity contribution in [3.05, 3.63) is 30.1 Å². The highest BCUT2D eigenvalue weighted by Gasteiger charge is 2.20. The van der Waals surface area contributed by atoms with Gasteiger partial charge in [0.2, 0.25) is 0 Å². The molecule has 5 nitrogen and oxygen atoms in total. The van der Waals surface area contributed by atoms with Gasteiger partial charge in [0.25, 0.3) is 0 Å². The number of nitrogens with one attached hydrogen (secondary N) is 2. The number of carbonyl (C=O) groups excluding carboxylic acids is 2. The van der Waals surface area contributed by atoms with Gasteiger partial charge in [0, 0.05) is 25.0 Å². The Kier molecular flexibility index (Phi) is 4.28. The average molecular weight is 247 g/mol. The van der Waals surface area contributed by atoms with Crippen LogP contribution in [0.25, 0.3) is 0 Å². The minimum Gasteiger partial charge on any atom is -0.345 e. The van der Waals surface area contributed by atoms with Crippen LogP contribution in [-0.2, 0) is 16.1 Å². The zero-order valence-electron chi connectivity index (χ0n) is 10.2. The van der Waals surface area contributed by atoms with Crippen molar-refractivity contribution in [1.29, 1.82) is 0 Å². The number of nitrogens with zero attached hydrogens (tertiary/aromatic N) is 1. The lowest BCUT2D eigenvalue weighted by atomic mass is 10.2. The Morgan fingerprint density at radius 1 is 1.28 bits per heavy atom. The maximum Gasteiger partial charge on any atom is 0.309 e. The van der Waals surface area contributed by atoms with Crippen molar-refractivity contribution < 1.29 is 9.59 Å². The topological polar surface area (TPSA) is 71.1 Å². The predicted molar refractivity (Wildman–Crippen MR) is 66.5 cm³/mol. The second-order valence-electron chi connectivity index (χ2n) is 4.50. The zero-order valence-corrected chi connectivity index (χ0v) is 10.2. The van der Waals surface area contributed by atoms with Gasteiger partial charge < -0.3 is 10.6 Å². The Hall–Kier alpha value is -1.91. The molecule has 2 rings (SSSR count). The van der Waals surface area contributed by atoms with Crippen molar-refractivity contribution >= 4 is 11.8 Å². The molecular weight excluding hydrogens is 230 g/mol. The van der Waals surface area contributed by atoms with Crippen LogP contribution in [-0.4, -0.2) is 22.8 Å². The molecule has 2 amide bonds. The summed E-state index contributed by atoms with van der Waals surface area (Å²) in [5.74, 6) is -1.11. The van der Waals surface area contributed by atoms with E-state index >= 15 is 0 Å². The van der Waals surface area contributed by atoms with Gasteiger partial charge in [0.1, 0.15) is 0 Å². The molecule has 0 spiro atoms. The Labute approximate surface area is 106 Å². The van der Waals surface area contributed by atoms with Gasteiger partial charge in [-0.1, -0.05) is 18.9 Å². The summed E-state index contributed by atoms with van der Waals surface area (Å²) in [7, 11) is 0. The molecule has 1 aliphatic carbocycles. The molecule has 5 heteroatoms. The summed E-state index contributed by atoms with van der Waals surface area (Å²) >= 11 is 0. The third kappa shape index (κ3) is 3.55. The smallest absolute Gasteiger partial charge is 0.309 e. The van der Waals surface area contributed by atoms with Crippen LogP contribution in [0.15, 0.2) is 24.5 Å². The van der Waals surface area contributed by atoms with Crippen molar-refractivity contribution in [3.8, 4) is 0 Å². The molecule has 0 unspecified atom stereocenters. The lowest BCUT2D eigenvalue weighted by molar-refractivity contribution is -0.139. The van der Waals surface area contributed by atoms with Gasteiger partial charge in [-0.3, -0.25) is 14.6 Å². The van der Waals surface area contributed by atoms with E-state index in [1.807, 2.05) is 6.07 Å². The normalized spacial score (nSPS) is 15.3. The first-order chi connectivity index (χ1) is 8.75. The Balaban J connectivity index is 1.75. The second-order valence-corrected chi connectivity index (χ2v) is 4.50. The van der Waals surface area contributed by atoms with E-state index in [2.05, 4.69) is 15.6 Å². The zero-order chi connectivity index (χ0) is 12.8. The molecule has 0 atom stereocenters. The van der Waals surface area contributed by atoms with Crippen molar-refractivity contribution in [2.75, 3.05) is 0 Å². The number of aromatic nitrogens is 1. The number of hydrogen-bond donors (Lipinski definition) is 2. The Morgan fingerprint density at radius 2 is 2.06 bits per heavy atom. The number of hydrogen-bond acceptors (Lipinski definition) is 3. The number of amides is 2. The molecule has 0 radical (unpaired) electrons. The van der Waals surface area contributed by atoms with Gasteiger partial charge in [-0.2, -0.15) is 0 Å². The summed E-state index contributed by atoms with van der Waals surface area (Å²) < 4.78 is 0. The molecule has 1 aromatic heterocycles. The largest absolute Gasteiger partial charge is 0.345 e. The summed E-state index contributed by atoms with van der Waals surface area (Å²) in [6.07, 6.45) is 7.53. The first-order valence-electron chi connectivity index (χ1n) is 6.23. The first-order valence-corrected chi connectivity index (χ1v) is 6.23. The van der Waals surface area contributed by atoms with E-state index in [0.29, 0.717) is 6.54 Å².